The van der Waals surface area contributed by atoms with Crippen LogP contribution >= 0.6 is 28.3 Å². The Morgan fingerprint density at radius 3 is 2.45 bits per heavy atom. The van der Waals surface area contributed by atoms with Crippen molar-refractivity contribution in [3.8, 4) is 0 Å². The number of nitrogens with one attached hydrogen (secondary N) is 2. The van der Waals surface area contributed by atoms with Gasteiger partial charge < -0.3 is 15.4 Å². The van der Waals surface area contributed by atoms with E-state index in [0.29, 0.717) is 19.8 Å². The highest BCUT2D eigenvalue weighted by Gasteiger charge is 2.36. The third kappa shape index (κ3) is 4.69. The van der Waals surface area contributed by atoms with E-state index >= 15 is 0 Å². The number of amides is 1. The molecule has 2 rings (SSSR count). The zero-order valence-electron chi connectivity index (χ0n) is 13.0. The van der Waals surface area contributed by atoms with E-state index in [2.05, 4.69) is 38.7 Å². The molecule has 6 heteroatoms. The lowest BCUT2D eigenvalue weighted by Crippen LogP contribution is -2.51. The van der Waals surface area contributed by atoms with Crippen LogP contribution in [0, 0.1) is 5.92 Å². The van der Waals surface area contributed by atoms with Crippen LogP contribution in [-0.4, -0.2) is 32.7 Å². The smallest absolute Gasteiger partial charge is 0.224 e. The molecule has 0 bridgehead atoms. The Kier molecular flexibility index (Phi) is 7.83. The standard InChI is InChI=1S/C16H23BrN2O2.ClH/c1-12(11-18-2)15(20)19-16(7-9-21-10-8-16)13-3-5-14(17)6-4-13;/h3-6,12,18H,7-11H2,1-2H3,(H,19,20);1H. The van der Waals surface area contributed by atoms with E-state index in [1.807, 2.05) is 26.1 Å². The fraction of sp³-hybridized carbons (Fsp3) is 0.562. The molecule has 1 atom stereocenters. The van der Waals surface area contributed by atoms with E-state index in [9.17, 15) is 4.79 Å². The van der Waals surface area contributed by atoms with Gasteiger partial charge in [0.15, 0.2) is 0 Å². The Labute approximate surface area is 146 Å². The van der Waals surface area contributed by atoms with Gasteiger partial charge in [-0.25, -0.2) is 0 Å². The van der Waals surface area contributed by atoms with Gasteiger partial charge >= 0.3 is 0 Å². The summed E-state index contributed by atoms with van der Waals surface area (Å²) in [5.41, 5.74) is 0.844. The molecule has 0 radical (unpaired) electrons. The molecule has 1 aromatic carbocycles. The Bertz CT molecular complexity index is 476. The molecule has 1 aliphatic rings. The quantitative estimate of drug-likeness (QED) is 0.811. The van der Waals surface area contributed by atoms with Crippen LogP contribution in [0.2, 0.25) is 0 Å². The number of hydrogen-bond donors (Lipinski definition) is 2. The minimum Gasteiger partial charge on any atom is -0.381 e. The first kappa shape index (κ1) is 19.4. The summed E-state index contributed by atoms with van der Waals surface area (Å²) >= 11 is 3.46. The second kappa shape index (κ2) is 8.87. The molecule has 1 heterocycles. The minimum absolute atomic E-state index is 0. The number of rotatable bonds is 5. The second-order valence-corrected chi connectivity index (χ2v) is 6.57. The fourth-order valence-corrected chi connectivity index (χ4v) is 3.00. The van der Waals surface area contributed by atoms with Crippen LogP contribution in [0.1, 0.15) is 25.3 Å². The van der Waals surface area contributed by atoms with Gasteiger partial charge in [-0.3, -0.25) is 4.79 Å². The molecule has 0 aliphatic carbocycles. The molecule has 1 aromatic rings. The first-order valence-electron chi connectivity index (χ1n) is 7.38. The maximum absolute atomic E-state index is 12.4. The average molecular weight is 392 g/mol. The lowest BCUT2D eigenvalue weighted by molar-refractivity contribution is -0.127. The number of ether oxygens (including phenoxy) is 1. The molecule has 0 saturated carbocycles. The largest absolute Gasteiger partial charge is 0.381 e. The number of carbonyl (C=O) groups excluding carboxylic acids is 1. The summed E-state index contributed by atoms with van der Waals surface area (Å²) in [5.74, 6) is 0.0411. The fourth-order valence-electron chi connectivity index (χ4n) is 2.73. The monoisotopic (exact) mass is 390 g/mol. The van der Waals surface area contributed by atoms with Gasteiger partial charge in [0.25, 0.3) is 0 Å². The van der Waals surface area contributed by atoms with Gasteiger partial charge in [0.2, 0.25) is 5.91 Å². The van der Waals surface area contributed by atoms with Crippen molar-refractivity contribution in [2.24, 2.45) is 5.92 Å². The van der Waals surface area contributed by atoms with Crippen LogP contribution in [0.5, 0.6) is 0 Å². The molecule has 1 aliphatic heterocycles. The normalized spacial score (nSPS) is 18.1. The topological polar surface area (TPSA) is 50.4 Å². The van der Waals surface area contributed by atoms with Crippen molar-refractivity contribution in [1.29, 1.82) is 0 Å². The molecule has 0 aromatic heterocycles. The summed E-state index contributed by atoms with van der Waals surface area (Å²) in [6.45, 7) is 3.98. The number of carbonyl (C=O) groups is 1. The zero-order chi connectivity index (χ0) is 15.3. The molecular weight excluding hydrogens is 368 g/mol. The molecule has 1 fully saturated rings. The third-order valence-electron chi connectivity index (χ3n) is 4.06. The molecule has 1 unspecified atom stereocenters. The number of halogens is 2. The van der Waals surface area contributed by atoms with Gasteiger partial charge in [-0.2, -0.15) is 0 Å². The summed E-state index contributed by atoms with van der Waals surface area (Å²) in [5, 5.41) is 6.33. The van der Waals surface area contributed by atoms with Crippen molar-refractivity contribution in [2.45, 2.75) is 25.3 Å². The van der Waals surface area contributed by atoms with E-state index in [1.54, 1.807) is 0 Å². The molecule has 1 saturated heterocycles. The molecule has 124 valence electrons. The van der Waals surface area contributed by atoms with Crippen LogP contribution < -0.4 is 10.6 Å². The second-order valence-electron chi connectivity index (χ2n) is 5.65. The Morgan fingerprint density at radius 2 is 1.91 bits per heavy atom. The highest BCUT2D eigenvalue weighted by molar-refractivity contribution is 9.10. The average Bonchev–Trinajstić information content (AvgIpc) is 2.49. The van der Waals surface area contributed by atoms with E-state index in [1.165, 1.54) is 0 Å². The molecule has 2 N–H and O–H groups in total. The van der Waals surface area contributed by atoms with E-state index in [4.69, 9.17) is 4.74 Å². The molecule has 22 heavy (non-hydrogen) atoms. The molecule has 1 amide bonds. The summed E-state index contributed by atoms with van der Waals surface area (Å²) in [7, 11) is 1.86. The van der Waals surface area contributed by atoms with Crippen molar-refractivity contribution in [1.82, 2.24) is 10.6 Å². The minimum atomic E-state index is -0.308. The summed E-state index contributed by atoms with van der Waals surface area (Å²) in [4.78, 5) is 12.4. The van der Waals surface area contributed by atoms with Crippen LogP contribution in [0.25, 0.3) is 0 Å². The summed E-state index contributed by atoms with van der Waals surface area (Å²) in [6, 6.07) is 8.21. The van der Waals surface area contributed by atoms with Crippen LogP contribution in [-0.2, 0) is 15.1 Å². The van der Waals surface area contributed by atoms with Crippen LogP contribution in [0.4, 0.5) is 0 Å². The predicted molar refractivity (Wildman–Crippen MR) is 94.4 cm³/mol. The highest BCUT2D eigenvalue weighted by atomic mass is 79.9. The summed E-state index contributed by atoms with van der Waals surface area (Å²) < 4.78 is 6.53. The Balaban J connectivity index is 0.00000242. The van der Waals surface area contributed by atoms with E-state index < -0.39 is 0 Å². The molecule has 0 spiro atoms. The van der Waals surface area contributed by atoms with Gasteiger partial charge in [-0.1, -0.05) is 35.0 Å². The molecular formula is C16H24BrClN2O2. The van der Waals surface area contributed by atoms with Gasteiger partial charge in [-0.05, 0) is 37.6 Å². The van der Waals surface area contributed by atoms with Crippen molar-refractivity contribution in [3.05, 3.63) is 34.3 Å². The predicted octanol–water partition coefficient (Wildman–Crippen LogP) is 2.85. The first-order chi connectivity index (χ1) is 10.1. The van der Waals surface area contributed by atoms with Crippen molar-refractivity contribution >= 4 is 34.2 Å². The van der Waals surface area contributed by atoms with E-state index in [-0.39, 0.29) is 29.8 Å². The van der Waals surface area contributed by atoms with Gasteiger partial charge in [0.05, 0.1) is 5.54 Å². The lowest BCUT2D eigenvalue weighted by atomic mass is 9.82. The van der Waals surface area contributed by atoms with Crippen LogP contribution in [0.3, 0.4) is 0 Å². The van der Waals surface area contributed by atoms with Gasteiger partial charge in [0, 0.05) is 30.1 Å². The lowest BCUT2D eigenvalue weighted by Gasteiger charge is -2.39. The molecule has 4 nitrogen and oxygen atoms in total. The maximum atomic E-state index is 12.4. The summed E-state index contributed by atoms with van der Waals surface area (Å²) in [6.07, 6.45) is 1.62. The van der Waals surface area contributed by atoms with Gasteiger partial charge in [0.1, 0.15) is 0 Å². The first-order valence-corrected chi connectivity index (χ1v) is 8.17. The van der Waals surface area contributed by atoms with Crippen LogP contribution in [0.15, 0.2) is 28.7 Å². The van der Waals surface area contributed by atoms with E-state index in [0.717, 1.165) is 22.9 Å². The number of benzene rings is 1. The zero-order valence-corrected chi connectivity index (χ0v) is 15.4. The maximum Gasteiger partial charge on any atom is 0.224 e. The van der Waals surface area contributed by atoms with Crippen molar-refractivity contribution < 1.29 is 9.53 Å². The van der Waals surface area contributed by atoms with Gasteiger partial charge in [-0.15, -0.1) is 12.4 Å². The Morgan fingerprint density at radius 1 is 1.32 bits per heavy atom. The number of hydrogen-bond acceptors (Lipinski definition) is 3. The van der Waals surface area contributed by atoms with Crippen molar-refractivity contribution in [2.75, 3.05) is 26.8 Å². The SMILES string of the molecule is CNCC(C)C(=O)NC1(c2ccc(Br)cc2)CCOCC1.Cl. The third-order valence-corrected chi connectivity index (χ3v) is 4.59. The highest BCUT2D eigenvalue weighted by Crippen LogP contribution is 2.33. The van der Waals surface area contributed by atoms with Crippen molar-refractivity contribution in [3.63, 3.8) is 0 Å². The Hall–Kier alpha value is -0.620.